The topological polar surface area (TPSA) is 50.1 Å². The second kappa shape index (κ2) is 7.38. The lowest BCUT2D eigenvalue weighted by molar-refractivity contribution is 0.127. The van der Waals surface area contributed by atoms with E-state index in [1.54, 1.807) is 0 Å². The molecule has 1 heterocycles. The van der Waals surface area contributed by atoms with Crippen molar-refractivity contribution in [2.45, 2.75) is 44.9 Å². The summed E-state index contributed by atoms with van der Waals surface area (Å²) in [5.41, 5.74) is 2.33. The van der Waals surface area contributed by atoms with Crippen molar-refractivity contribution >= 4 is 0 Å². The van der Waals surface area contributed by atoms with Crippen LogP contribution in [0, 0.1) is 0 Å². The maximum atomic E-state index is 10.4. The summed E-state index contributed by atoms with van der Waals surface area (Å²) < 4.78 is 1.81. The molecule has 1 aromatic heterocycles. The zero-order valence-electron chi connectivity index (χ0n) is 13.0. The molecule has 3 atom stereocenters. The van der Waals surface area contributed by atoms with Gasteiger partial charge in [-0.1, -0.05) is 37.3 Å². The summed E-state index contributed by atoms with van der Waals surface area (Å²) in [6, 6.07) is 10.3. The van der Waals surface area contributed by atoms with Crippen LogP contribution in [0.4, 0.5) is 0 Å². The number of hydrogen-bond donors (Lipinski definition) is 2. The van der Waals surface area contributed by atoms with Crippen LogP contribution in [-0.4, -0.2) is 27.0 Å². The van der Waals surface area contributed by atoms with Crippen LogP contribution in [0.5, 0.6) is 0 Å². The molecule has 0 amide bonds. The van der Waals surface area contributed by atoms with E-state index in [1.165, 1.54) is 5.56 Å². The molecule has 0 saturated carbocycles. The number of aliphatic hydroxyl groups is 1. The van der Waals surface area contributed by atoms with Crippen molar-refractivity contribution in [1.29, 1.82) is 0 Å². The predicted molar refractivity (Wildman–Crippen MR) is 85.0 cm³/mol. The third kappa shape index (κ3) is 4.41. The molecule has 4 heteroatoms. The molecular weight excluding hydrogens is 262 g/mol. The van der Waals surface area contributed by atoms with Crippen LogP contribution in [0.25, 0.3) is 0 Å². The van der Waals surface area contributed by atoms with Crippen LogP contribution in [0.15, 0.2) is 42.7 Å². The van der Waals surface area contributed by atoms with E-state index in [-0.39, 0.29) is 12.1 Å². The Kier molecular flexibility index (Phi) is 5.53. The normalized spacial score (nSPS) is 15.6. The summed E-state index contributed by atoms with van der Waals surface area (Å²) in [7, 11) is 1.92. The summed E-state index contributed by atoms with van der Waals surface area (Å²) in [6.07, 6.45) is 5.14. The Morgan fingerprint density at radius 1 is 1.29 bits per heavy atom. The maximum Gasteiger partial charge on any atom is 0.0730 e. The fourth-order valence-electron chi connectivity index (χ4n) is 2.53. The molecule has 2 aromatic rings. The lowest BCUT2D eigenvalue weighted by atomic mass is 10.0. The van der Waals surface area contributed by atoms with Crippen LogP contribution in [-0.2, 0) is 13.5 Å². The number of benzene rings is 1. The Bertz CT molecular complexity index is 538. The van der Waals surface area contributed by atoms with Gasteiger partial charge in [0.1, 0.15) is 0 Å². The number of rotatable bonds is 7. The summed E-state index contributed by atoms with van der Waals surface area (Å²) >= 11 is 0. The van der Waals surface area contributed by atoms with Gasteiger partial charge < -0.3 is 10.4 Å². The summed E-state index contributed by atoms with van der Waals surface area (Å²) in [5, 5.41) is 18.1. The molecule has 2 N–H and O–H groups in total. The van der Waals surface area contributed by atoms with Gasteiger partial charge in [-0.15, -0.1) is 0 Å². The monoisotopic (exact) mass is 287 g/mol. The minimum Gasteiger partial charge on any atom is -0.391 e. The zero-order valence-corrected chi connectivity index (χ0v) is 13.0. The SMILES string of the molecule is CCC(NC(C)C(O)Cc1ccccc1)c1cnn(C)c1. The Balaban J connectivity index is 1.94. The van der Waals surface area contributed by atoms with Gasteiger partial charge in [-0.2, -0.15) is 5.10 Å². The van der Waals surface area contributed by atoms with Gasteiger partial charge in [-0.05, 0) is 25.3 Å². The lowest BCUT2D eigenvalue weighted by Crippen LogP contribution is -2.40. The molecule has 3 unspecified atom stereocenters. The van der Waals surface area contributed by atoms with E-state index in [2.05, 4.69) is 17.3 Å². The van der Waals surface area contributed by atoms with Crippen molar-refractivity contribution in [2.24, 2.45) is 7.05 Å². The molecule has 2 rings (SSSR count). The first-order valence-corrected chi connectivity index (χ1v) is 7.56. The summed E-state index contributed by atoms with van der Waals surface area (Å²) in [5.74, 6) is 0. The Hall–Kier alpha value is -1.65. The van der Waals surface area contributed by atoms with Crippen molar-refractivity contribution in [3.05, 3.63) is 53.9 Å². The molecule has 4 nitrogen and oxygen atoms in total. The number of aliphatic hydroxyl groups excluding tert-OH is 1. The third-order valence-electron chi connectivity index (χ3n) is 3.86. The molecule has 0 fully saturated rings. The second-order valence-electron chi connectivity index (χ2n) is 5.62. The number of nitrogens with zero attached hydrogens (tertiary/aromatic N) is 2. The zero-order chi connectivity index (χ0) is 15.2. The molecule has 114 valence electrons. The third-order valence-corrected chi connectivity index (χ3v) is 3.86. The minimum atomic E-state index is -0.405. The summed E-state index contributed by atoms with van der Waals surface area (Å²) in [6.45, 7) is 4.17. The predicted octanol–water partition coefficient (Wildman–Crippen LogP) is 2.45. The molecule has 0 saturated heterocycles. The first-order valence-electron chi connectivity index (χ1n) is 7.56. The number of hydrogen-bond acceptors (Lipinski definition) is 3. The van der Waals surface area contributed by atoms with Gasteiger partial charge in [0, 0.05) is 30.9 Å². The molecule has 0 aliphatic heterocycles. The maximum absolute atomic E-state index is 10.4. The van der Waals surface area contributed by atoms with Gasteiger partial charge >= 0.3 is 0 Å². The number of aromatic nitrogens is 2. The van der Waals surface area contributed by atoms with Gasteiger partial charge in [-0.3, -0.25) is 4.68 Å². The number of nitrogens with one attached hydrogen (secondary N) is 1. The molecular formula is C17H25N3O. The molecule has 0 radical (unpaired) electrons. The lowest BCUT2D eigenvalue weighted by Gasteiger charge is -2.25. The highest BCUT2D eigenvalue weighted by Gasteiger charge is 2.19. The Morgan fingerprint density at radius 3 is 2.57 bits per heavy atom. The Morgan fingerprint density at radius 2 is 2.00 bits per heavy atom. The van der Waals surface area contributed by atoms with E-state index in [9.17, 15) is 5.11 Å². The fraction of sp³-hybridized carbons (Fsp3) is 0.471. The molecule has 0 aliphatic rings. The van der Waals surface area contributed by atoms with E-state index in [4.69, 9.17) is 0 Å². The molecule has 21 heavy (non-hydrogen) atoms. The molecule has 0 bridgehead atoms. The molecule has 0 spiro atoms. The smallest absolute Gasteiger partial charge is 0.0730 e. The van der Waals surface area contributed by atoms with Crippen molar-refractivity contribution in [2.75, 3.05) is 0 Å². The fourth-order valence-corrected chi connectivity index (χ4v) is 2.53. The van der Waals surface area contributed by atoms with Crippen LogP contribution in [0.1, 0.15) is 37.4 Å². The second-order valence-corrected chi connectivity index (χ2v) is 5.62. The van der Waals surface area contributed by atoms with Crippen molar-refractivity contribution in [3.8, 4) is 0 Å². The van der Waals surface area contributed by atoms with Crippen LogP contribution in [0.2, 0.25) is 0 Å². The van der Waals surface area contributed by atoms with E-state index >= 15 is 0 Å². The van der Waals surface area contributed by atoms with E-state index < -0.39 is 6.10 Å². The molecule has 1 aromatic carbocycles. The highest BCUT2D eigenvalue weighted by molar-refractivity contribution is 5.16. The average molecular weight is 287 g/mol. The van der Waals surface area contributed by atoms with Gasteiger partial charge in [0.2, 0.25) is 0 Å². The molecule has 0 aliphatic carbocycles. The van der Waals surface area contributed by atoms with Crippen LogP contribution in [0.3, 0.4) is 0 Å². The standard InChI is InChI=1S/C17H25N3O/c1-4-16(15-11-18-20(3)12-15)19-13(2)17(21)10-14-8-6-5-7-9-14/h5-9,11-13,16-17,19,21H,4,10H2,1-3H3. The first-order chi connectivity index (χ1) is 10.1. The van der Waals surface area contributed by atoms with Gasteiger partial charge in [-0.25, -0.2) is 0 Å². The number of aryl methyl sites for hydroxylation is 1. The largest absolute Gasteiger partial charge is 0.391 e. The van der Waals surface area contributed by atoms with Gasteiger partial charge in [0.15, 0.2) is 0 Å². The summed E-state index contributed by atoms with van der Waals surface area (Å²) in [4.78, 5) is 0. The van der Waals surface area contributed by atoms with E-state index in [0.29, 0.717) is 6.42 Å². The quantitative estimate of drug-likeness (QED) is 0.822. The van der Waals surface area contributed by atoms with E-state index in [0.717, 1.165) is 12.0 Å². The minimum absolute atomic E-state index is 0.0235. The van der Waals surface area contributed by atoms with Crippen molar-refractivity contribution in [1.82, 2.24) is 15.1 Å². The van der Waals surface area contributed by atoms with Crippen LogP contribution < -0.4 is 5.32 Å². The highest BCUT2D eigenvalue weighted by Crippen LogP contribution is 2.17. The van der Waals surface area contributed by atoms with Gasteiger partial charge in [0.25, 0.3) is 0 Å². The van der Waals surface area contributed by atoms with Crippen LogP contribution >= 0.6 is 0 Å². The van der Waals surface area contributed by atoms with Gasteiger partial charge in [0.05, 0.1) is 12.3 Å². The average Bonchev–Trinajstić information content (AvgIpc) is 2.92. The van der Waals surface area contributed by atoms with Crippen molar-refractivity contribution < 1.29 is 5.11 Å². The highest BCUT2D eigenvalue weighted by atomic mass is 16.3. The Labute approximate surface area is 126 Å². The van der Waals surface area contributed by atoms with E-state index in [1.807, 2.05) is 61.4 Å². The first kappa shape index (κ1) is 15.7. The van der Waals surface area contributed by atoms with Crippen molar-refractivity contribution in [3.63, 3.8) is 0 Å².